The molecule has 2 N–H and O–H groups in total. The summed E-state index contributed by atoms with van der Waals surface area (Å²) >= 11 is 0. The minimum Gasteiger partial charge on any atom is -0.365 e. The van der Waals surface area contributed by atoms with Crippen molar-refractivity contribution >= 4 is 15.7 Å². The lowest BCUT2D eigenvalue weighted by Gasteiger charge is -2.35. The van der Waals surface area contributed by atoms with Gasteiger partial charge in [0, 0.05) is 19.3 Å². The van der Waals surface area contributed by atoms with E-state index in [0.717, 1.165) is 50.6 Å². The van der Waals surface area contributed by atoms with Gasteiger partial charge in [0.2, 0.25) is 0 Å². The predicted octanol–water partition coefficient (Wildman–Crippen LogP) is 0.791. The van der Waals surface area contributed by atoms with Crippen LogP contribution in [0.2, 0.25) is 0 Å². The van der Waals surface area contributed by atoms with Gasteiger partial charge in [-0.05, 0) is 30.7 Å². The van der Waals surface area contributed by atoms with Gasteiger partial charge in [-0.25, -0.2) is 8.42 Å². The molecule has 0 saturated carbocycles. The fraction of sp³-hybridized carbons (Fsp3) is 0.611. The smallest absolute Gasteiger partial charge is 0.175 e. The number of benzene rings is 1. The molecule has 7 nitrogen and oxygen atoms in total. The van der Waals surface area contributed by atoms with Crippen molar-refractivity contribution in [2.45, 2.75) is 30.5 Å². The molecule has 2 heterocycles. The Balaban J connectivity index is 1.73. The van der Waals surface area contributed by atoms with E-state index < -0.39 is 9.84 Å². The highest BCUT2D eigenvalue weighted by molar-refractivity contribution is 7.90. The maximum atomic E-state index is 11.7. The second kappa shape index (κ2) is 8.47. The first kappa shape index (κ1) is 19.3. The number of nitrogens with zero attached hydrogens (tertiary/aromatic N) is 2. The van der Waals surface area contributed by atoms with Crippen LogP contribution < -0.4 is 10.6 Å². The van der Waals surface area contributed by atoms with Gasteiger partial charge in [-0.2, -0.15) is 0 Å². The maximum Gasteiger partial charge on any atom is 0.175 e. The molecule has 2 atom stereocenters. The molecule has 0 bridgehead atoms. The molecule has 1 aromatic carbocycles. The number of hydrogen-bond acceptors (Lipinski definition) is 6. The molecular weight excluding hydrogens is 352 g/mol. The number of sulfone groups is 1. The van der Waals surface area contributed by atoms with Crippen LogP contribution in [0.15, 0.2) is 34.2 Å². The van der Waals surface area contributed by atoms with E-state index in [1.807, 2.05) is 12.1 Å². The van der Waals surface area contributed by atoms with E-state index in [2.05, 4.69) is 22.5 Å². The first-order valence-electron chi connectivity index (χ1n) is 9.13. The zero-order valence-corrected chi connectivity index (χ0v) is 16.3. The van der Waals surface area contributed by atoms with E-state index >= 15 is 0 Å². The van der Waals surface area contributed by atoms with Gasteiger partial charge in [0.15, 0.2) is 9.84 Å². The molecule has 2 unspecified atom stereocenters. The number of hydrogen-bond donors (Lipinski definition) is 2. The van der Waals surface area contributed by atoms with Crippen molar-refractivity contribution in [3.63, 3.8) is 0 Å². The van der Waals surface area contributed by atoms with Gasteiger partial charge >= 0.3 is 0 Å². The van der Waals surface area contributed by atoms with Gasteiger partial charge in [-0.1, -0.05) is 19.1 Å². The monoisotopic (exact) mass is 380 g/mol. The highest BCUT2D eigenvalue weighted by atomic mass is 32.2. The number of piperazine rings is 1. The molecule has 3 rings (SSSR count). The Morgan fingerprint density at radius 1 is 1.31 bits per heavy atom. The first-order valence-corrected chi connectivity index (χ1v) is 11.0. The summed E-state index contributed by atoms with van der Waals surface area (Å²) in [5.41, 5.74) is 1.07. The quantitative estimate of drug-likeness (QED) is 0.759. The van der Waals surface area contributed by atoms with Gasteiger partial charge < -0.3 is 10.1 Å². The zero-order valence-electron chi connectivity index (χ0n) is 15.4. The van der Waals surface area contributed by atoms with Gasteiger partial charge in [-0.3, -0.25) is 15.2 Å². The molecule has 2 aliphatic heterocycles. The van der Waals surface area contributed by atoms with E-state index in [4.69, 9.17) is 9.73 Å². The van der Waals surface area contributed by atoms with Crippen LogP contribution in [0.4, 0.5) is 0 Å². The summed E-state index contributed by atoms with van der Waals surface area (Å²) in [4.78, 5) is 7.44. The van der Waals surface area contributed by atoms with E-state index in [-0.39, 0.29) is 12.3 Å². The molecule has 1 aromatic rings. The van der Waals surface area contributed by atoms with E-state index in [9.17, 15) is 8.42 Å². The lowest BCUT2D eigenvalue weighted by molar-refractivity contribution is 0.108. The lowest BCUT2D eigenvalue weighted by atomic mass is 10.0. The molecule has 0 aliphatic carbocycles. The number of amidine groups is 1. The van der Waals surface area contributed by atoms with Crippen LogP contribution in [-0.2, 0) is 14.6 Å². The summed E-state index contributed by atoms with van der Waals surface area (Å²) in [6.45, 7) is 7.08. The Kier molecular flexibility index (Phi) is 6.29. The third kappa shape index (κ3) is 5.03. The zero-order chi connectivity index (χ0) is 18.6. The normalized spacial score (nSPS) is 26.2. The maximum absolute atomic E-state index is 11.7. The van der Waals surface area contributed by atoms with Crippen LogP contribution in [0, 0.1) is 0 Å². The minimum atomic E-state index is -3.17. The summed E-state index contributed by atoms with van der Waals surface area (Å²) in [7, 11) is -3.17. The van der Waals surface area contributed by atoms with Gasteiger partial charge in [0.1, 0.15) is 12.1 Å². The molecule has 0 aromatic heterocycles. The van der Waals surface area contributed by atoms with E-state index in [1.165, 1.54) is 6.26 Å². The third-order valence-corrected chi connectivity index (χ3v) is 5.77. The summed E-state index contributed by atoms with van der Waals surface area (Å²) in [5, 5.41) is 6.78. The van der Waals surface area contributed by atoms with Crippen molar-refractivity contribution < 1.29 is 13.2 Å². The minimum absolute atomic E-state index is 0.00153. The van der Waals surface area contributed by atoms with Gasteiger partial charge in [0.25, 0.3) is 0 Å². The fourth-order valence-corrected chi connectivity index (χ4v) is 3.97. The summed E-state index contributed by atoms with van der Waals surface area (Å²) in [6, 6.07) is 7.24. The second-order valence-electron chi connectivity index (χ2n) is 6.87. The van der Waals surface area contributed by atoms with Crippen molar-refractivity contribution in [3.8, 4) is 0 Å². The number of aliphatic imine (C=N–C) groups is 1. The highest BCUT2D eigenvalue weighted by Gasteiger charge is 2.25. The molecule has 8 heteroatoms. The van der Waals surface area contributed by atoms with E-state index in [0.29, 0.717) is 11.4 Å². The fourth-order valence-electron chi connectivity index (χ4n) is 3.34. The molecule has 26 heavy (non-hydrogen) atoms. The molecule has 0 radical (unpaired) electrons. The van der Waals surface area contributed by atoms with Crippen LogP contribution in [0.1, 0.15) is 24.9 Å². The average Bonchev–Trinajstić information content (AvgIpc) is 3.13. The third-order valence-electron chi connectivity index (χ3n) is 4.65. The molecule has 2 fully saturated rings. The van der Waals surface area contributed by atoms with Crippen molar-refractivity contribution in [1.82, 2.24) is 15.5 Å². The molecule has 144 valence electrons. The Morgan fingerprint density at radius 3 is 2.69 bits per heavy atom. The summed E-state index contributed by atoms with van der Waals surface area (Å²) in [6.07, 6.45) is 2.31. The van der Waals surface area contributed by atoms with Crippen molar-refractivity contribution in [2.24, 2.45) is 4.99 Å². The van der Waals surface area contributed by atoms with Crippen molar-refractivity contribution in [1.29, 1.82) is 0 Å². The van der Waals surface area contributed by atoms with Crippen molar-refractivity contribution in [2.75, 3.05) is 45.6 Å². The molecular formula is C18H28N4O3S. The molecule has 0 spiro atoms. The second-order valence-corrected chi connectivity index (χ2v) is 8.89. The number of nitrogens with one attached hydrogen (secondary N) is 2. The highest BCUT2D eigenvalue weighted by Crippen LogP contribution is 2.20. The van der Waals surface area contributed by atoms with Crippen LogP contribution in [-0.4, -0.2) is 71.0 Å². The lowest BCUT2D eigenvalue weighted by Crippen LogP contribution is -2.50. The van der Waals surface area contributed by atoms with Gasteiger partial charge in [-0.15, -0.1) is 0 Å². The first-order chi connectivity index (χ1) is 12.5. The summed E-state index contributed by atoms with van der Waals surface area (Å²) < 4.78 is 28.9. The SMILES string of the molecule is CCCN1CC(=NCC2NCCO2)NC(c2ccc(S(C)(=O)=O)cc2)C1. The van der Waals surface area contributed by atoms with E-state index in [1.54, 1.807) is 12.1 Å². The summed E-state index contributed by atoms with van der Waals surface area (Å²) in [5.74, 6) is 0.958. The Morgan fingerprint density at radius 2 is 2.08 bits per heavy atom. The standard InChI is InChI=1S/C18H28N4O3S/c1-3-9-22-12-16(14-4-6-15(7-5-14)26(2,23)24)21-17(13-22)20-11-18-19-8-10-25-18/h4-7,16,18-19H,3,8-13H2,1-2H3,(H,20,21). The van der Waals surface area contributed by atoms with Crippen LogP contribution in [0.25, 0.3) is 0 Å². The van der Waals surface area contributed by atoms with Crippen LogP contribution in [0.5, 0.6) is 0 Å². The van der Waals surface area contributed by atoms with Gasteiger partial charge in [0.05, 0.1) is 30.6 Å². The van der Waals surface area contributed by atoms with Crippen LogP contribution in [0.3, 0.4) is 0 Å². The van der Waals surface area contributed by atoms with Crippen molar-refractivity contribution in [3.05, 3.63) is 29.8 Å². The molecule has 0 amide bonds. The predicted molar refractivity (Wildman–Crippen MR) is 102 cm³/mol. The Bertz CT molecular complexity index is 727. The van der Waals surface area contributed by atoms with Crippen LogP contribution >= 0.6 is 0 Å². The Labute approximate surface area is 155 Å². The number of ether oxygens (including phenoxy) is 1. The topological polar surface area (TPSA) is 83.0 Å². The average molecular weight is 381 g/mol. The molecule has 2 saturated heterocycles. The largest absolute Gasteiger partial charge is 0.365 e. The molecule has 2 aliphatic rings. The Hall–Kier alpha value is -1.48. The number of rotatable bonds is 6.